The first kappa shape index (κ1) is 13.4. The van der Waals surface area contributed by atoms with Gasteiger partial charge in [0.2, 0.25) is 5.91 Å². The fourth-order valence-electron chi connectivity index (χ4n) is 2.37. The Hall–Kier alpha value is -2.56. The third-order valence-corrected chi connectivity index (χ3v) is 3.52. The SMILES string of the molecule is Nc1ccc(F)cc1NC(=O)C1COc2ccccc2C1. The molecule has 0 fully saturated rings. The molecule has 0 saturated carbocycles. The minimum atomic E-state index is -0.440. The zero-order valence-electron chi connectivity index (χ0n) is 11.3. The predicted molar refractivity (Wildman–Crippen MR) is 78.6 cm³/mol. The molecule has 1 aliphatic rings. The highest BCUT2D eigenvalue weighted by molar-refractivity contribution is 5.95. The molecule has 108 valence electrons. The first-order valence-electron chi connectivity index (χ1n) is 6.70. The number of anilines is 2. The number of ether oxygens (including phenoxy) is 1. The van der Waals surface area contributed by atoms with Crippen molar-refractivity contribution in [3.8, 4) is 5.75 Å². The summed E-state index contributed by atoms with van der Waals surface area (Å²) in [5, 5.41) is 2.67. The number of hydrogen-bond donors (Lipinski definition) is 2. The maximum Gasteiger partial charge on any atom is 0.231 e. The number of nitrogen functional groups attached to an aromatic ring is 1. The number of amides is 1. The van der Waals surface area contributed by atoms with Crippen LogP contribution in [0.3, 0.4) is 0 Å². The average Bonchev–Trinajstić information content (AvgIpc) is 2.50. The Morgan fingerprint density at radius 2 is 2.10 bits per heavy atom. The van der Waals surface area contributed by atoms with Crippen molar-refractivity contribution < 1.29 is 13.9 Å². The summed E-state index contributed by atoms with van der Waals surface area (Å²) in [5.41, 5.74) is 7.35. The third kappa shape index (κ3) is 2.81. The molecule has 2 aromatic rings. The van der Waals surface area contributed by atoms with Gasteiger partial charge in [0, 0.05) is 0 Å². The third-order valence-electron chi connectivity index (χ3n) is 3.52. The van der Waals surface area contributed by atoms with Crippen LogP contribution in [0.1, 0.15) is 5.56 Å². The monoisotopic (exact) mass is 286 g/mol. The summed E-state index contributed by atoms with van der Waals surface area (Å²) in [4.78, 5) is 12.3. The number of nitrogens with two attached hydrogens (primary N) is 1. The molecule has 3 N–H and O–H groups in total. The zero-order valence-corrected chi connectivity index (χ0v) is 11.3. The summed E-state index contributed by atoms with van der Waals surface area (Å²) in [6, 6.07) is 11.5. The van der Waals surface area contributed by atoms with Crippen LogP contribution in [0, 0.1) is 11.7 Å². The molecule has 0 spiro atoms. The Kier molecular flexibility index (Phi) is 3.48. The molecule has 3 rings (SSSR count). The number of carbonyl (C=O) groups excluding carboxylic acids is 1. The van der Waals surface area contributed by atoms with Crippen molar-refractivity contribution in [2.75, 3.05) is 17.7 Å². The zero-order chi connectivity index (χ0) is 14.8. The fourth-order valence-corrected chi connectivity index (χ4v) is 2.37. The number of carbonyl (C=O) groups is 1. The van der Waals surface area contributed by atoms with E-state index < -0.39 is 5.82 Å². The molecule has 1 unspecified atom stereocenters. The number of hydrogen-bond acceptors (Lipinski definition) is 3. The molecular formula is C16H15FN2O2. The molecule has 1 amide bonds. The van der Waals surface area contributed by atoms with Crippen LogP contribution in [0.25, 0.3) is 0 Å². The Bertz CT molecular complexity index is 688. The first-order valence-corrected chi connectivity index (χ1v) is 6.70. The largest absolute Gasteiger partial charge is 0.492 e. The predicted octanol–water partition coefficient (Wildman–Crippen LogP) is 2.60. The summed E-state index contributed by atoms with van der Waals surface area (Å²) in [7, 11) is 0. The van der Waals surface area contributed by atoms with Crippen LogP contribution in [0.2, 0.25) is 0 Å². The van der Waals surface area contributed by atoms with Gasteiger partial charge in [-0.25, -0.2) is 4.39 Å². The molecule has 1 atom stereocenters. The van der Waals surface area contributed by atoms with Crippen LogP contribution < -0.4 is 15.8 Å². The minimum Gasteiger partial charge on any atom is -0.492 e. The van der Waals surface area contributed by atoms with E-state index in [-0.39, 0.29) is 11.8 Å². The van der Waals surface area contributed by atoms with Crippen LogP contribution in [-0.2, 0) is 11.2 Å². The Morgan fingerprint density at radius 1 is 1.29 bits per heavy atom. The van der Waals surface area contributed by atoms with E-state index >= 15 is 0 Å². The van der Waals surface area contributed by atoms with Gasteiger partial charge in [0.05, 0.1) is 17.3 Å². The van der Waals surface area contributed by atoms with Gasteiger partial charge in [-0.15, -0.1) is 0 Å². The van der Waals surface area contributed by atoms with Gasteiger partial charge in [0.1, 0.15) is 18.2 Å². The van der Waals surface area contributed by atoms with Gasteiger partial charge in [-0.05, 0) is 36.2 Å². The van der Waals surface area contributed by atoms with Gasteiger partial charge in [0.25, 0.3) is 0 Å². The fraction of sp³-hybridized carbons (Fsp3) is 0.188. The number of fused-ring (bicyclic) bond motifs is 1. The lowest BCUT2D eigenvalue weighted by molar-refractivity contribution is -0.121. The van der Waals surface area contributed by atoms with Crippen molar-refractivity contribution >= 4 is 17.3 Å². The number of benzene rings is 2. The van der Waals surface area contributed by atoms with Crippen molar-refractivity contribution in [2.45, 2.75) is 6.42 Å². The van der Waals surface area contributed by atoms with Crippen molar-refractivity contribution in [3.05, 3.63) is 53.8 Å². The van der Waals surface area contributed by atoms with Gasteiger partial charge in [0.15, 0.2) is 0 Å². The van der Waals surface area contributed by atoms with Gasteiger partial charge >= 0.3 is 0 Å². The molecule has 21 heavy (non-hydrogen) atoms. The van der Waals surface area contributed by atoms with E-state index in [0.717, 1.165) is 11.3 Å². The van der Waals surface area contributed by atoms with Crippen molar-refractivity contribution in [2.24, 2.45) is 5.92 Å². The second kappa shape index (κ2) is 5.44. The van der Waals surface area contributed by atoms with E-state index in [4.69, 9.17) is 10.5 Å². The van der Waals surface area contributed by atoms with Gasteiger partial charge < -0.3 is 15.8 Å². The minimum absolute atomic E-state index is 0.221. The van der Waals surface area contributed by atoms with Crippen molar-refractivity contribution in [3.63, 3.8) is 0 Å². The first-order chi connectivity index (χ1) is 10.1. The molecule has 1 heterocycles. The van der Waals surface area contributed by atoms with Crippen molar-refractivity contribution in [1.29, 1.82) is 0 Å². The lowest BCUT2D eigenvalue weighted by atomic mass is 9.96. The van der Waals surface area contributed by atoms with Crippen LogP contribution in [0.15, 0.2) is 42.5 Å². The standard InChI is InChI=1S/C16H15FN2O2/c17-12-5-6-13(18)14(8-12)19-16(20)11-7-10-3-1-2-4-15(10)21-9-11/h1-6,8,11H,7,9,18H2,(H,19,20). The molecular weight excluding hydrogens is 271 g/mol. The highest BCUT2D eigenvalue weighted by Crippen LogP contribution is 2.28. The quantitative estimate of drug-likeness (QED) is 0.834. The molecule has 1 aliphatic heterocycles. The molecule has 2 aromatic carbocycles. The second-order valence-electron chi connectivity index (χ2n) is 5.04. The number of para-hydroxylation sites is 1. The van der Waals surface area contributed by atoms with E-state index in [2.05, 4.69) is 5.32 Å². The molecule has 0 bridgehead atoms. The maximum atomic E-state index is 13.2. The lowest BCUT2D eigenvalue weighted by Crippen LogP contribution is -2.32. The van der Waals surface area contributed by atoms with Crippen LogP contribution >= 0.6 is 0 Å². The molecule has 0 saturated heterocycles. The van der Waals surface area contributed by atoms with Crippen LogP contribution in [0.5, 0.6) is 5.75 Å². The number of rotatable bonds is 2. The van der Waals surface area contributed by atoms with Gasteiger partial charge in [-0.3, -0.25) is 4.79 Å². The summed E-state index contributed by atoms with van der Waals surface area (Å²) in [6.45, 7) is 0.304. The Balaban J connectivity index is 1.74. The highest BCUT2D eigenvalue weighted by atomic mass is 19.1. The smallest absolute Gasteiger partial charge is 0.231 e. The number of halogens is 1. The van der Waals surface area contributed by atoms with E-state index in [0.29, 0.717) is 24.4 Å². The summed E-state index contributed by atoms with van der Waals surface area (Å²) in [5.74, 6) is -0.166. The summed E-state index contributed by atoms with van der Waals surface area (Å²) >= 11 is 0. The van der Waals surface area contributed by atoms with E-state index in [1.807, 2.05) is 24.3 Å². The Labute approximate surface area is 121 Å². The second-order valence-corrected chi connectivity index (χ2v) is 5.04. The number of nitrogens with one attached hydrogen (secondary N) is 1. The molecule has 4 nitrogen and oxygen atoms in total. The lowest BCUT2D eigenvalue weighted by Gasteiger charge is -2.24. The van der Waals surface area contributed by atoms with E-state index in [1.54, 1.807) is 0 Å². The Morgan fingerprint density at radius 3 is 2.95 bits per heavy atom. The van der Waals surface area contributed by atoms with E-state index in [1.165, 1.54) is 18.2 Å². The van der Waals surface area contributed by atoms with Crippen molar-refractivity contribution in [1.82, 2.24) is 0 Å². The normalized spacial score (nSPS) is 16.7. The van der Waals surface area contributed by atoms with Gasteiger partial charge in [-0.1, -0.05) is 18.2 Å². The highest BCUT2D eigenvalue weighted by Gasteiger charge is 2.26. The molecule has 0 aliphatic carbocycles. The molecule has 0 aromatic heterocycles. The van der Waals surface area contributed by atoms with Crippen LogP contribution in [-0.4, -0.2) is 12.5 Å². The topological polar surface area (TPSA) is 64.3 Å². The maximum absolute atomic E-state index is 13.2. The average molecular weight is 286 g/mol. The summed E-state index contributed by atoms with van der Waals surface area (Å²) < 4.78 is 18.8. The van der Waals surface area contributed by atoms with E-state index in [9.17, 15) is 9.18 Å². The van der Waals surface area contributed by atoms with Crippen LogP contribution in [0.4, 0.5) is 15.8 Å². The molecule has 5 heteroatoms. The summed E-state index contributed by atoms with van der Waals surface area (Å²) in [6.07, 6.45) is 0.594. The van der Waals surface area contributed by atoms with Gasteiger partial charge in [-0.2, -0.15) is 0 Å². The molecule has 0 radical (unpaired) electrons.